The maximum absolute atomic E-state index is 10.3. The van der Waals surface area contributed by atoms with Gasteiger partial charge in [0.05, 0.1) is 6.10 Å². The van der Waals surface area contributed by atoms with Crippen molar-refractivity contribution < 1.29 is 5.11 Å². The van der Waals surface area contributed by atoms with Gasteiger partial charge in [-0.15, -0.1) is 0 Å². The highest BCUT2D eigenvalue weighted by atomic mass is 16.3. The minimum atomic E-state index is -0.392. The van der Waals surface area contributed by atoms with E-state index in [-0.39, 0.29) is 0 Å². The Labute approximate surface area is 138 Å². The monoisotopic (exact) mass is 311 g/mol. The number of hydrogen-bond acceptors (Lipinski definition) is 4. The Morgan fingerprint density at radius 2 is 1.61 bits per heavy atom. The van der Waals surface area contributed by atoms with Crippen LogP contribution in [0, 0.1) is 0 Å². The second-order valence-corrected chi connectivity index (χ2v) is 6.14. The van der Waals surface area contributed by atoms with Crippen molar-refractivity contribution >= 4 is 0 Å². The average Bonchev–Trinajstić information content (AvgIpc) is 2.63. The van der Waals surface area contributed by atoms with Gasteiger partial charge in [-0.05, 0) is 17.7 Å². The average molecular weight is 311 g/mol. The number of nitrogens with zero attached hydrogens (tertiary/aromatic N) is 3. The number of pyridine rings is 1. The Kier molecular flexibility index (Phi) is 5.75. The number of aliphatic hydroxyl groups is 1. The van der Waals surface area contributed by atoms with Gasteiger partial charge in [-0.1, -0.05) is 36.4 Å². The number of β-amino-alcohol motifs (C(OH)–C–C–N with tert-alkyl or cyclic N) is 1. The normalized spacial score (nSPS) is 18.0. The molecule has 2 heterocycles. The molecule has 23 heavy (non-hydrogen) atoms. The Balaban J connectivity index is 1.40. The largest absolute Gasteiger partial charge is 0.387 e. The van der Waals surface area contributed by atoms with Crippen LogP contribution in [-0.4, -0.2) is 59.2 Å². The lowest BCUT2D eigenvalue weighted by molar-refractivity contribution is 0.0729. The third-order valence-corrected chi connectivity index (χ3v) is 4.49. The van der Waals surface area contributed by atoms with Crippen LogP contribution in [0.1, 0.15) is 17.4 Å². The topological polar surface area (TPSA) is 39.6 Å². The third kappa shape index (κ3) is 4.86. The third-order valence-electron chi connectivity index (χ3n) is 4.49. The van der Waals surface area contributed by atoms with Crippen molar-refractivity contribution in [1.29, 1.82) is 0 Å². The van der Waals surface area contributed by atoms with E-state index in [2.05, 4.69) is 20.9 Å². The van der Waals surface area contributed by atoms with E-state index >= 15 is 0 Å². The number of rotatable bonds is 6. The van der Waals surface area contributed by atoms with E-state index in [1.54, 1.807) is 0 Å². The summed E-state index contributed by atoms with van der Waals surface area (Å²) >= 11 is 0. The molecule has 0 saturated carbocycles. The van der Waals surface area contributed by atoms with Crippen LogP contribution in [0.3, 0.4) is 0 Å². The fourth-order valence-corrected chi connectivity index (χ4v) is 3.04. The van der Waals surface area contributed by atoms with Gasteiger partial charge >= 0.3 is 0 Å². The number of piperazine rings is 1. The molecule has 0 radical (unpaired) electrons. The highest BCUT2D eigenvalue weighted by Gasteiger charge is 2.19. The zero-order valence-electron chi connectivity index (χ0n) is 13.5. The standard InChI is InChI=1S/C19H25N3O/c23-19(17-6-2-1-3-7-17)16-22-14-12-21(13-15-22)11-9-18-8-4-5-10-20-18/h1-8,10,19,23H,9,11-16H2/t19-/m0/s1. The minimum absolute atomic E-state index is 0.392. The molecule has 0 bridgehead atoms. The summed E-state index contributed by atoms with van der Waals surface area (Å²) in [5.41, 5.74) is 2.17. The fraction of sp³-hybridized carbons (Fsp3) is 0.421. The molecule has 4 nitrogen and oxygen atoms in total. The first-order valence-corrected chi connectivity index (χ1v) is 8.39. The van der Waals surface area contributed by atoms with E-state index in [0.717, 1.165) is 56.9 Å². The highest BCUT2D eigenvalue weighted by molar-refractivity contribution is 5.17. The van der Waals surface area contributed by atoms with Gasteiger partial charge < -0.3 is 10.0 Å². The van der Waals surface area contributed by atoms with Gasteiger partial charge in [0.2, 0.25) is 0 Å². The first-order valence-electron chi connectivity index (χ1n) is 8.39. The zero-order chi connectivity index (χ0) is 15.9. The Morgan fingerprint density at radius 1 is 0.913 bits per heavy atom. The molecule has 1 aromatic heterocycles. The van der Waals surface area contributed by atoms with Crippen molar-refractivity contribution in [2.75, 3.05) is 39.3 Å². The minimum Gasteiger partial charge on any atom is -0.387 e. The predicted molar refractivity (Wildman–Crippen MR) is 92.2 cm³/mol. The molecule has 1 N–H and O–H groups in total. The Hall–Kier alpha value is -1.75. The maximum atomic E-state index is 10.3. The summed E-state index contributed by atoms with van der Waals surface area (Å²) in [6.07, 6.45) is 2.47. The summed E-state index contributed by atoms with van der Waals surface area (Å²) in [5.74, 6) is 0. The van der Waals surface area contributed by atoms with Crippen LogP contribution in [0.2, 0.25) is 0 Å². The second-order valence-electron chi connectivity index (χ2n) is 6.14. The highest BCUT2D eigenvalue weighted by Crippen LogP contribution is 2.15. The predicted octanol–water partition coefficient (Wildman–Crippen LogP) is 1.98. The summed E-state index contributed by atoms with van der Waals surface area (Å²) in [5, 5.41) is 10.3. The van der Waals surface area contributed by atoms with Crippen LogP contribution in [0.5, 0.6) is 0 Å². The molecule has 1 atom stereocenters. The molecule has 0 unspecified atom stereocenters. The Morgan fingerprint density at radius 3 is 2.30 bits per heavy atom. The van der Waals surface area contributed by atoms with Crippen molar-refractivity contribution in [2.45, 2.75) is 12.5 Å². The fourth-order valence-electron chi connectivity index (χ4n) is 3.04. The van der Waals surface area contributed by atoms with E-state index in [4.69, 9.17) is 0 Å². The van der Waals surface area contributed by atoms with E-state index < -0.39 is 6.10 Å². The van der Waals surface area contributed by atoms with Gasteiger partial charge in [-0.25, -0.2) is 0 Å². The lowest BCUT2D eigenvalue weighted by atomic mass is 10.1. The van der Waals surface area contributed by atoms with Crippen LogP contribution in [0.15, 0.2) is 54.7 Å². The van der Waals surface area contributed by atoms with Gasteiger partial charge in [0, 0.05) is 57.6 Å². The van der Waals surface area contributed by atoms with E-state index in [0.29, 0.717) is 0 Å². The SMILES string of the molecule is O[C@@H](CN1CCN(CCc2ccccn2)CC1)c1ccccc1. The van der Waals surface area contributed by atoms with Crippen LogP contribution in [0.25, 0.3) is 0 Å². The van der Waals surface area contributed by atoms with Crippen LogP contribution in [0.4, 0.5) is 0 Å². The summed E-state index contributed by atoms with van der Waals surface area (Å²) in [4.78, 5) is 9.22. The van der Waals surface area contributed by atoms with Crippen molar-refractivity contribution in [3.8, 4) is 0 Å². The first kappa shape index (κ1) is 16.1. The van der Waals surface area contributed by atoms with Gasteiger partial charge in [0.1, 0.15) is 0 Å². The van der Waals surface area contributed by atoms with E-state index in [1.807, 2.05) is 48.7 Å². The van der Waals surface area contributed by atoms with Crippen molar-refractivity contribution in [2.24, 2.45) is 0 Å². The van der Waals surface area contributed by atoms with Crippen molar-refractivity contribution in [3.63, 3.8) is 0 Å². The smallest absolute Gasteiger partial charge is 0.0916 e. The molecule has 1 aromatic carbocycles. The molecule has 2 aromatic rings. The van der Waals surface area contributed by atoms with Crippen LogP contribution in [-0.2, 0) is 6.42 Å². The van der Waals surface area contributed by atoms with Crippen LogP contribution < -0.4 is 0 Å². The molecule has 0 spiro atoms. The van der Waals surface area contributed by atoms with E-state index in [9.17, 15) is 5.11 Å². The van der Waals surface area contributed by atoms with Crippen molar-refractivity contribution in [3.05, 3.63) is 66.0 Å². The molecular weight excluding hydrogens is 286 g/mol. The number of benzene rings is 1. The zero-order valence-corrected chi connectivity index (χ0v) is 13.5. The number of aromatic nitrogens is 1. The molecule has 1 aliphatic heterocycles. The summed E-state index contributed by atoms with van der Waals surface area (Å²) < 4.78 is 0. The molecule has 0 amide bonds. The molecule has 1 fully saturated rings. The number of hydrogen-bond donors (Lipinski definition) is 1. The molecule has 3 rings (SSSR count). The lowest BCUT2D eigenvalue weighted by Gasteiger charge is -2.35. The van der Waals surface area contributed by atoms with Gasteiger partial charge in [0.25, 0.3) is 0 Å². The molecular formula is C19H25N3O. The molecule has 4 heteroatoms. The quantitative estimate of drug-likeness (QED) is 0.885. The summed E-state index contributed by atoms with van der Waals surface area (Å²) in [7, 11) is 0. The second kappa shape index (κ2) is 8.20. The summed E-state index contributed by atoms with van der Waals surface area (Å²) in [6, 6.07) is 16.0. The molecule has 0 aliphatic carbocycles. The molecule has 122 valence electrons. The molecule has 1 aliphatic rings. The van der Waals surface area contributed by atoms with Crippen molar-refractivity contribution in [1.82, 2.24) is 14.8 Å². The van der Waals surface area contributed by atoms with Gasteiger partial charge in [-0.2, -0.15) is 0 Å². The lowest BCUT2D eigenvalue weighted by Crippen LogP contribution is -2.47. The Bertz CT molecular complexity index is 568. The molecule has 1 saturated heterocycles. The number of aliphatic hydroxyl groups excluding tert-OH is 1. The van der Waals surface area contributed by atoms with Crippen LogP contribution >= 0.6 is 0 Å². The first-order chi connectivity index (χ1) is 11.3. The summed E-state index contributed by atoms with van der Waals surface area (Å²) in [6.45, 7) is 5.95. The van der Waals surface area contributed by atoms with Gasteiger partial charge in [0.15, 0.2) is 0 Å². The van der Waals surface area contributed by atoms with E-state index in [1.165, 1.54) is 0 Å². The maximum Gasteiger partial charge on any atom is 0.0916 e. The van der Waals surface area contributed by atoms with Gasteiger partial charge in [-0.3, -0.25) is 9.88 Å².